The van der Waals surface area contributed by atoms with Crippen LogP contribution in [-0.2, 0) is 0 Å². The van der Waals surface area contributed by atoms with Gasteiger partial charge in [-0.25, -0.2) is 0 Å². The van der Waals surface area contributed by atoms with Gasteiger partial charge in [0.05, 0.1) is 0 Å². The molecule has 0 nitrogen and oxygen atoms in total. The number of fused-ring (bicyclic) bond motifs is 1. The van der Waals surface area contributed by atoms with Gasteiger partial charge < -0.3 is 0 Å². The van der Waals surface area contributed by atoms with Crippen LogP contribution in [0.2, 0.25) is 37.3 Å². The van der Waals surface area contributed by atoms with E-state index >= 15 is 0 Å². The zero-order chi connectivity index (χ0) is 19.3. The molecule has 3 saturated carbocycles. The zero-order valence-electron chi connectivity index (χ0n) is 18.7. The molecular formula is C23H45BrSi2. The van der Waals surface area contributed by atoms with Crippen molar-refractivity contribution in [3.05, 3.63) is 0 Å². The average molecular weight is 458 g/mol. The highest BCUT2D eigenvalue weighted by atomic mass is 79.9. The van der Waals surface area contributed by atoms with E-state index in [2.05, 4.69) is 62.9 Å². The Kier molecular flexibility index (Phi) is 6.34. The van der Waals surface area contributed by atoms with Crippen molar-refractivity contribution in [2.75, 3.05) is 0 Å². The molecule has 0 amide bonds. The molecule has 0 aliphatic heterocycles. The Morgan fingerprint density at radius 3 is 2.15 bits per heavy atom. The third-order valence-corrected chi connectivity index (χ3v) is 31.3. The molecule has 0 aromatic rings. The molecule has 0 spiro atoms. The zero-order valence-corrected chi connectivity index (χ0v) is 22.3. The molecule has 0 radical (unpaired) electrons. The first-order valence-corrected chi connectivity index (χ1v) is 19.6. The average Bonchev–Trinajstić information content (AvgIpc) is 3.13. The molecular weight excluding hydrogens is 412 g/mol. The van der Waals surface area contributed by atoms with Crippen LogP contribution in [0.3, 0.4) is 0 Å². The first kappa shape index (κ1) is 21.6. The number of hydrogen-bond donors (Lipinski definition) is 0. The van der Waals surface area contributed by atoms with Crippen molar-refractivity contribution in [2.45, 2.75) is 121 Å². The fourth-order valence-corrected chi connectivity index (χ4v) is 22.5. The lowest BCUT2D eigenvalue weighted by atomic mass is 9.81. The van der Waals surface area contributed by atoms with Gasteiger partial charge in [-0.05, 0) is 53.5 Å². The summed E-state index contributed by atoms with van der Waals surface area (Å²) in [5.41, 5.74) is 2.78. The van der Waals surface area contributed by atoms with Gasteiger partial charge in [-0.15, -0.1) is 0 Å². The maximum absolute atomic E-state index is 4.07. The van der Waals surface area contributed by atoms with E-state index in [1.54, 1.807) is 25.7 Å². The van der Waals surface area contributed by atoms with Crippen LogP contribution in [0.5, 0.6) is 0 Å². The lowest BCUT2D eigenvalue weighted by Crippen LogP contribution is -2.61. The van der Waals surface area contributed by atoms with E-state index in [9.17, 15) is 0 Å². The van der Waals surface area contributed by atoms with Crippen molar-refractivity contribution < 1.29 is 0 Å². The maximum Gasteiger partial charge on any atom is 0.0448 e. The van der Waals surface area contributed by atoms with Crippen LogP contribution in [0.25, 0.3) is 0 Å². The second-order valence-corrected chi connectivity index (χ2v) is 29.9. The minimum Gasteiger partial charge on any atom is -0.0888 e. The van der Waals surface area contributed by atoms with Crippen molar-refractivity contribution in [3.63, 3.8) is 0 Å². The molecule has 3 aliphatic carbocycles. The maximum atomic E-state index is 4.07. The molecule has 0 N–H and O–H groups in total. The first-order valence-electron chi connectivity index (χ1n) is 11.6. The van der Waals surface area contributed by atoms with Gasteiger partial charge in [-0.3, -0.25) is 0 Å². The lowest BCUT2D eigenvalue weighted by Gasteiger charge is -2.50. The van der Waals surface area contributed by atoms with Crippen molar-refractivity contribution in [1.29, 1.82) is 0 Å². The third kappa shape index (κ3) is 4.10. The molecule has 0 saturated heterocycles. The number of rotatable bonds is 4. The summed E-state index contributed by atoms with van der Waals surface area (Å²) in [6, 6.07) is 0. The summed E-state index contributed by atoms with van der Waals surface area (Å²) in [5.74, 6) is 3.12. The fraction of sp³-hybridized carbons (Fsp3) is 1.00. The quantitative estimate of drug-likeness (QED) is 0.293. The first-order chi connectivity index (χ1) is 11.9. The van der Waals surface area contributed by atoms with Crippen molar-refractivity contribution in [1.82, 2.24) is 0 Å². The van der Waals surface area contributed by atoms with Gasteiger partial charge >= 0.3 is 0 Å². The number of hydrogen-bond acceptors (Lipinski definition) is 0. The van der Waals surface area contributed by atoms with E-state index in [-0.39, 0.29) is 0 Å². The predicted octanol–water partition coefficient (Wildman–Crippen LogP) is 8.43. The summed E-state index contributed by atoms with van der Waals surface area (Å²) in [7, 11) is -2.33. The summed E-state index contributed by atoms with van der Waals surface area (Å²) in [4.78, 5) is 0.837. The minimum absolute atomic E-state index is 0.518. The SMILES string of the molecule is CC(C)(C)CC1CCC([Si](C)(C)[Si](C)(C)C2CCC3C(Br)CCCC32)C1. The van der Waals surface area contributed by atoms with Crippen LogP contribution < -0.4 is 0 Å². The predicted molar refractivity (Wildman–Crippen MR) is 127 cm³/mol. The topological polar surface area (TPSA) is 0 Å². The smallest absolute Gasteiger partial charge is 0.0448 e. The Morgan fingerprint density at radius 1 is 0.808 bits per heavy atom. The highest BCUT2D eigenvalue weighted by molar-refractivity contribution is 9.09. The van der Waals surface area contributed by atoms with Crippen molar-refractivity contribution >= 4 is 31.1 Å². The van der Waals surface area contributed by atoms with Gasteiger partial charge in [-0.1, -0.05) is 101 Å². The molecule has 3 aliphatic rings. The summed E-state index contributed by atoms with van der Waals surface area (Å²) in [6.45, 7) is 18.7. The van der Waals surface area contributed by atoms with E-state index in [4.69, 9.17) is 0 Å². The van der Waals surface area contributed by atoms with Crippen LogP contribution >= 0.6 is 15.9 Å². The molecule has 3 fully saturated rings. The molecule has 3 heteroatoms. The lowest BCUT2D eigenvalue weighted by molar-refractivity contribution is 0.288. The molecule has 0 bridgehead atoms. The van der Waals surface area contributed by atoms with Crippen LogP contribution in [0.15, 0.2) is 0 Å². The largest absolute Gasteiger partial charge is 0.0888 e. The minimum atomic E-state index is -1.17. The van der Waals surface area contributed by atoms with Gasteiger partial charge in [0.1, 0.15) is 0 Å². The molecule has 0 heterocycles. The molecule has 0 aromatic carbocycles. The van der Waals surface area contributed by atoms with E-state index in [1.165, 1.54) is 32.1 Å². The fourth-order valence-electron chi connectivity index (χ4n) is 7.41. The second kappa shape index (κ2) is 7.63. The third-order valence-electron chi connectivity index (χ3n) is 9.41. The monoisotopic (exact) mass is 456 g/mol. The van der Waals surface area contributed by atoms with Crippen molar-refractivity contribution in [3.8, 4) is 0 Å². The molecule has 6 atom stereocenters. The van der Waals surface area contributed by atoms with E-state index in [1.807, 2.05) is 0 Å². The Morgan fingerprint density at radius 2 is 1.50 bits per heavy atom. The Hall–Kier alpha value is 0.914. The Balaban J connectivity index is 1.72. The van der Waals surface area contributed by atoms with Crippen LogP contribution in [-0.4, -0.2) is 20.0 Å². The normalized spacial score (nSPS) is 39.2. The van der Waals surface area contributed by atoms with Gasteiger partial charge in [0.25, 0.3) is 0 Å². The molecule has 3 rings (SSSR count). The molecule has 26 heavy (non-hydrogen) atoms. The molecule has 6 unspecified atom stereocenters. The van der Waals surface area contributed by atoms with Gasteiger partial charge in [0.2, 0.25) is 0 Å². The van der Waals surface area contributed by atoms with Gasteiger partial charge in [-0.2, -0.15) is 0 Å². The van der Waals surface area contributed by atoms with Crippen LogP contribution in [0.4, 0.5) is 0 Å². The van der Waals surface area contributed by atoms with Crippen LogP contribution in [0, 0.1) is 23.2 Å². The number of alkyl halides is 1. The van der Waals surface area contributed by atoms with E-state index in [0.29, 0.717) is 5.41 Å². The highest BCUT2D eigenvalue weighted by Crippen LogP contribution is 2.59. The summed E-state index contributed by atoms with van der Waals surface area (Å²) in [6.07, 6.45) is 13.7. The second-order valence-electron chi connectivity index (χ2n) is 12.5. The standard InChI is InChI=1S/C23H45BrSi2/c1-23(2,3)16-17-11-12-18(15-17)25(4,5)26(6,7)22-14-13-19-20(22)9-8-10-21(19)24/h17-22H,8-16H2,1-7H3. The van der Waals surface area contributed by atoms with Gasteiger partial charge in [0.15, 0.2) is 0 Å². The van der Waals surface area contributed by atoms with Crippen molar-refractivity contribution in [2.24, 2.45) is 23.2 Å². The van der Waals surface area contributed by atoms with Gasteiger partial charge in [0, 0.05) is 20.0 Å². The summed E-state index contributed by atoms with van der Waals surface area (Å²) >= 11 is 4.07. The number of halogens is 1. The van der Waals surface area contributed by atoms with Crippen LogP contribution in [0.1, 0.15) is 78.6 Å². The molecule has 152 valence electrons. The highest BCUT2D eigenvalue weighted by Gasteiger charge is 2.56. The van der Waals surface area contributed by atoms with E-state index < -0.39 is 15.2 Å². The summed E-state index contributed by atoms with van der Waals surface area (Å²) in [5, 5.41) is 0. The molecule has 0 aromatic heterocycles. The van der Waals surface area contributed by atoms with E-state index in [0.717, 1.165) is 33.7 Å². The Labute approximate surface area is 174 Å². The summed E-state index contributed by atoms with van der Waals surface area (Å²) < 4.78 is 0. The Bertz CT molecular complexity index is 493.